The van der Waals surface area contributed by atoms with Crippen LogP contribution in [0.25, 0.3) is 10.9 Å². The van der Waals surface area contributed by atoms with Crippen molar-refractivity contribution in [2.24, 2.45) is 0 Å². The van der Waals surface area contributed by atoms with Crippen LogP contribution >= 0.6 is 0 Å². The summed E-state index contributed by atoms with van der Waals surface area (Å²) in [5.74, 6) is 0.892. The number of rotatable bonds is 9. The van der Waals surface area contributed by atoms with Crippen molar-refractivity contribution in [3.05, 3.63) is 36.5 Å². The molecule has 4 nitrogen and oxygen atoms in total. The van der Waals surface area contributed by atoms with Crippen molar-refractivity contribution in [1.29, 1.82) is 0 Å². The number of hydrogen-bond acceptors (Lipinski definition) is 4. The summed E-state index contributed by atoms with van der Waals surface area (Å²) in [6, 6.07) is 10.0. The Balaban J connectivity index is 1.65. The van der Waals surface area contributed by atoms with Gasteiger partial charge < -0.3 is 14.8 Å². The highest BCUT2D eigenvalue weighted by atomic mass is 16.5. The molecule has 4 heteroatoms. The number of unbranched alkanes of at least 4 members (excludes halogenated alkanes) is 1. The second kappa shape index (κ2) is 8.51. The highest BCUT2D eigenvalue weighted by Crippen LogP contribution is 2.18. The minimum Gasteiger partial charge on any atom is -0.494 e. The van der Waals surface area contributed by atoms with Crippen LogP contribution in [0.3, 0.4) is 0 Å². The predicted molar refractivity (Wildman–Crippen MR) is 81.2 cm³/mol. The molecule has 2 aromatic rings. The molecule has 0 fully saturated rings. The first kappa shape index (κ1) is 14.8. The molecule has 1 aromatic heterocycles. The number of ether oxygens (including phenoxy) is 2. The molecular weight excluding hydrogens is 252 g/mol. The van der Waals surface area contributed by atoms with Gasteiger partial charge in [0.2, 0.25) is 0 Å². The quantitative estimate of drug-likeness (QED) is 0.714. The molecule has 0 amide bonds. The van der Waals surface area contributed by atoms with Crippen LogP contribution in [0.1, 0.15) is 12.8 Å². The van der Waals surface area contributed by atoms with E-state index in [0.717, 1.165) is 55.8 Å². The molecule has 20 heavy (non-hydrogen) atoms. The largest absolute Gasteiger partial charge is 0.494 e. The van der Waals surface area contributed by atoms with Gasteiger partial charge in [0.05, 0.1) is 18.7 Å². The minimum absolute atomic E-state index is 0.740. The molecule has 0 atom stereocenters. The summed E-state index contributed by atoms with van der Waals surface area (Å²) in [5.41, 5.74) is 0.978. The van der Waals surface area contributed by atoms with E-state index in [9.17, 15) is 0 Å². The van der Waals surface area contributed by atoms with Gasteiger partial charge in [0, 0.05) is 31.3 Å². The number of methoxy groups -OCH3 is 1. The molecule has 1 N–H and O–H groups in total. The lowest BCUT2D eigenvalue weighted by Crippen LogP contribution is -2.20. The van der Waals surface area contributed by atoms with Crippen molar-refractivity contribution in [3.63, 3.8) is 0 Å². The van der Waals surface area contributed by atoms with Crippen molar-refractivity contribution in [2.75, 3.05) is 33.4 Å². The summed E-state index contributed by atoms with van der Waals surface area (Å²) in [7, 11) is 1.72. The van der Waals surface area contributed by atoms with E-state index < -0.39 is 0 Å². The van der Waals surface area contributed by atoms with Crippen LogP contribution in [0.2, 0.25) is 0 Å². The number of hydrogen-bond donors (Lipinski definition) is 1. The van der Waals surface area contributed by atoms with Gasteiger partial charge in [-0.15, -0.1) is 0 Å². The van der Waals surface area contributed by atoms with Crippen LogP contribution in [0.4, 0.5) is 0 Å². The van der Waals surface area contributed by atoms with Gasteiger partial charge in [-0.05, 0) is 37.6 Å². The zero-order valence-corrected chi connectivity index (χ0v) is 12.0. The maximum atomic E-state index is 5.75. The molecule has 0 bridgehead atoms. The fraction of sp³-hybridized carbons (Fsp3) is 0.438. The smallest absolute Gasteiger partial charge is 0.121 e. The molecule has 0 saturated heterocycles. The molecule has 0 aliphatic heterocycles. The third-order valence-electron chi connectivity index (χ3n) is 3.08. The zero-order valence-electron chi connectivity index (χ0n) is 12.0. The zero-order chi connectivity index (χ0) is 14.0. The highest BCUT2D eigenvalue weighted by Gasteiger charge is 1.98. The van der Waals surface area contributed by atoms with E-state index in [1.54, 1.807) is 13.3 Å². The second-order valence-corrected chi connectivity index (χ2v) is 4.66. The van der Waals surface area contributed by atoms with E-state index in [-0.39, 0.29) is 0 Å². The molecule has 0 unspecified atom stereocenters. The van der Waals surface area contributed by atoms with Crippen LogP contribution in [-0.4, -0.2) is 38.4 Å². The van der Waals surface area contributed by atoms with Gasteiger partial charge in [0.25, 0.3) is 0 Å². The summed E-state index contributed by atoms with van der Waals surface area (Å²) >= 11 is 0. The first-order chi connectivity index (χ1) is 9.90. The second-order valence-electron chi connectivity index (χ2n) is 4.66. The first-order valence-electron chi connectivity index (χ1n) is 7.07. The molecular formula is C16H22N2O2. The van der Waals surface area contributed by atoms with E-state index >= 15 is 0 Å². The van der Waals surface area contributed by atoms with Gasteiger partial charge in [0.15, 0.2) is 0 Å². The summed E-state index contributed by atoms with van der Waals surface area (Å²) < 4.78 is 10.7. The Morgan fingerprint density at radius 2 is 2.05 bits per heavy atom. The van der Waals surface area contributed by atoms with Gasteiger partial charge in [-0.2, -0.15) is 0 Å². The highest BCUT2D eigenvalue weighted by molar-refractivity contribution is 5.79. The number of nitrogens with one attached hydrogen (secondary N) is 1. The van der Waals surface area contributed by atoms with E-state index in [1.807, 2.05) is 24.3 Å². The van der Waals surface area contributed by atoms with E-state index in [2.05, 4.69) is 16.4 Å². The molecule has 1 heterocycles. The van der Waals surface area contributed by atoms with Crippen LogP contribution in [0.15, 0.2) is 36.5 Å². The molecule has 1 aromatic carbocycles. The summed E-state index contributed by atoms with van der Waals surface area (Å²) in [5, 5.41) is 4.46. The Labute approximate surface area is 120 Å². The number of aromatic nitrogens is 1. The molecule has 0 spiro atoms. The van der Waals surface area contributed by atoms with Crippen LogP contribution in [-0.2, 0) is 4.74 Å². The van der Waals surface area contributed by atoms with Crippen molar-refractivity contribution in [2.45, 2.75) is 12.8 Å². The van der Waals surface area contributed by atoms with E-state index in [1.165, 1.54) is 0 Å². The normalized spacial score (nSPS) is 10.8. The number of benzene rings is 1. The van der Waals surface area contributed by atoms with Gasteiger partial charge in [0.1, 0.15) is 5.75 Å². The molecule has 0 aliphatic rings. The first-order valence-corrected chi connectivity index (χ1v) is 7.07. The van der Waals surface area contributed by atoms with Crippen molar-refractivity contribution in [3.8, 4) is 5.75 Å². The molecule has 0 aliphatic carbocycles. The summed E-state index contributed by atoms with van der Waals surface area (Å²) in [4.78, 5) is 4.33. The molecule has 0 radical (unpaired) electrons. The maximum Gasteiger partial charge on any atom is 0.121 e. The summed E-state index contributed by atoms with van der Waals surface area (Å²) in [6.45, 7) is 3.42. The average Bonchev–Trinajstić information content (AvgIpc) is 2.50. The lowest BCUT2D eigenvalue weighted by molar-refractivity contribution is 0.199. The number of nitrogens with zero attached hydrogens (tertiary/aromatic N) is 1. The lowest BCUT2D eigenvalue weighted by Gasteiger charge is -2.07. The average molecular weight is 274 g/mol. The minimum atomic E-state index is 0.740. The van der Waals surface area contributed by atoms with Gasteiger partial charge in [-0.1, -0.05) is 6.07 Å². The van der Waals surface area contributed by atoms with Crippen molar-refractivity contribution >= 4 is 10.9 Å². The number of fused-ring (bicyclic) bond motifs is 1. The third-order valence-corrected chi connectivity index (χ3v) is 3.08. The van der Waals surface area contributed by atoms with Crippen LogP contribution < -0.4 is 10.1 Å². The fourth-order valence-electron chi connectivity index (χ4n) is 1.98. The van der Waals surface area contributed by atoms with Crippen molar-refractivity contribution < 1.29 is 9.47 Å². The van der Waals surface area contributed by atoms with Crippen molar-refractivity contribution in [1.82, 2.24) is 10.3 Å². The topological polar surface area (TPSA) is 43.4 Å². The van der Waals surface area contributed by atoms with E-state index in [0.29, 0.717) is 0 Å². The van der Waals surface area contributed by atoms with Gasteiger partial charge in [-0.25, -0.2) is 0 Å². The predicted octanol–water partition coefficient (Wildman–Crippen LogP) is 2.63. The SMILES string of the molecule is COCCNCCCCOc1ccc2cccnc2c1. The van der Waals surface area contributed by atoms with Gasteiger partial charge >= 0.3 is 0 Å². The Kier molecular flexibility index (Phi) is 6.27. The monoisotopic (exact) mass is 274 g/mol. The third kappa shape index (κ3) is 4.79. The molecule has 108 valence electrons. The maximum absolute atomic E-state index is 5.75. The van der Waals surface area contributed by atoms with Crippen LogP contribution in [0, 0.1) is 0 Å². The molecule has 0 saturated carbocycles. The standard InChI is InChI=1S/C16H22N2O2/c1-19-12-10-17-8-2-3-11-20-15-7-6-14-5-4-9-18-16(14)13-15/h4-7,9,13,17H,2-3,8,10-12H2,1H3. The molecule has 2 rings (SSSR count). The van der Waals surface area contributed by atoms with E-state index in [4.69, 9.17) is 9.47 Å². The number of pyridine rings is 1. The Morgan fingerprint density at radius 1 is 1.10 bits per heavy atom. The van der Waals surface area contributed by atoms with Gasteiger partial charge in [-0.3, -0.25) is 4.98 Å². The lowest BCUT2D eigenvalue weighted by atomic mass is 10.2. The van der Waals surface area contributed by atoms with Crippen LogP contribution in [0.5, 0.6) is 5.75 Å². The Morgan fingerprint density at radius 3 is 2.95 bits per heavy atom. The summed E-state index contributed by atoms with van der Waals surface area (Å²) in [6.07, 6.45) is 3.95. The Bertz CT molecular complexity index is 517. The Hall–Kier alpha value is -1.65. The fourth-order valence-corrected chi connectivity index (χ4v) is 1.98.